The van der Waals surface area contributed by atoms with Gasteiger partial charge in [0.05, 0.1) is 11.4 Å². The first-order chi connectivity index (χ1) is 8.99. The third-order valence-electron chi connectivity index (χ3n) is 2.53. The first-order valence-electron chi connectivity index (χ1n) is 5.53. The SMILES string of the molecule is Cc1nc(C)c(C(=O)O)c(SCc2ncnn2C)n1. The first-order valence-corrected chi connectivity index (χ1v) is 6.51. The van der Waals surface area contributed by atoms with Crippen molar-refractivity contribution < 1.29 is 9.90 Å². The lowest BCUT2D eigenvalue weighted by atomic mass is 10.2. The van der Waals surface area contributed by atoms with E-state index >= 15 is 0 Å². The van der Waals surface area contributed by atoms with Crippen molar-refractivity contribution in [3.05, 3.63) is 29.2 Å². The van der Waals surface area contributed by atoms with E-state index in [1.807, 2.05) is 0 Å². The summed E-state index contributed by atoms with van der Waals surface area (Å²) >= 11 is 1.32. The topological polar surface area (TPSA) is 93.8 Å². The summed E-state index contributed by atoms with van der Waals surface area (Å²) in [4.78, 5) is 23.6. The molecule has 0 aromatic carbocycles. The highest BCUT2D eigenvalue weighted by molar-refractivity contribution is 7.98. The number of aromatic nitrogens is 5. The summed E-state index contributed by atoms with van der Waals surface area (Å²) in [6.07, 6.45) is 1.46. The van der Waals surface area contributed by atoms with Crippen LogP contribution in [0.4, 0.5) is 0 Å². The molecule has 0 saturated carbocycles. The maximum absolute atomic E-state index is 11.3. The molecule has 2 rings (SSSR count). The molecule has 0 amide bonds. The van der Waals surface area contributed by atoms with Crippen LogP contribution in [0, 0.1) is 13.8 Å². The molecule has 0 unspecified atom stereocenters. The highest BCUT2D eigenvalue weighted by Gasteiger charge is 2.18. The third-order valence-corrected chi connectivity index (χ3v) is 3.50. The number of hydrogen-bond acceptors (Lipinski definition) is 6. The largest absolute Gasteiger partial charge is 0.478 e. The molecule has 2 heterocycles. The second-order valence-corrected chi connectivity index (χ2v) is 4.89. The second kappa shape index (κ2) is 5.35. The van der Waals surface area contributed by atoms with Crippen LogP contribution < -0.4 is 0 Å². The Kier molecular flexibility index (Phi) is 3.79. The van der Waals surface area contributed by atoms with Crippen LogP contribution in [0.15, 0.2) is 11.4 Å². The van der Waals surface area contributed by atoms with Crippen molar-refractivity contribution in [2.75, 3.05) is 0 Å². The molecule has 0 bridgehead atoms. The number of thioether (sulfide) groups is 1. The Balaban J connectivity index is 2.29. The number of carbonyl (C=O) groups is 1. The van der Waals surface area contributed by atoms with E-state index in [0.29, 0.717) is 22.3 Å². The van der Waals surface area contributed by atoms with Crippen LogP contribution in [0.3, 0.4) is 0 Å². The van der Waals surface area contributed by atoms with Crippen LogP contribution in [-0.4, -0.2) is 35.8 Å². The predicted octanol–water partition coefficient (Wildman–Crippen LogP) is 1.21. The van der Waals surface area contributed by atoms with Crippen LogP contribution in [-0.2, 0) is 12.8 Å². The lowest BCUT2D eigenvalue weighted by Gasteiger charge is -2.08. The van der Waals surface area contributed by atoms with E-state index < -0.39 is 5.97 Å². The molecule has 1 N–H and O–H groups in total. The average molecular weight is 279 g/mol. The summed E-state index contributed by atoms with van der Waals surface area (Å²) in [5.41, 5.74) is 0.623. The molecular formula is C11H13N5O2S. The van der Waals surface area contributed by atoms with Crippen LogP contribution in [0.1, 0.15) is 27.7 Å². The summed E-state index contributed by atoms with van der Waals surface area (Å²) in [5, 5.41) is 13.6. The van der Waals surface area contributed by atoms with Crippen molar-refractivity contribution in [3.8, 4) is 0 Å². The zero-order valence-corrected chi connectivity index (χ0v) is 11.6. The van der Waals surface area contributed by atoms with Gasteiger partial charge in [0, 0.05) is 7.05 Å². The van der Waals surface area contributed by atoms with Crippen LogP contribution in [0.5, 0.6) is 0 Å². The summed E-state index contributed by atoms with van der Waals surface area (Å²) in [7, 11) is 1.79. The van der Waals surface area contributed by atoms with Crippen molar-refractivity contribution in [3.63, 3.8) is 0 Å². The number of aryl methyl sites for hydroxylation is 3. The molecule has 0 aliphatic heterocycles. The predicted molar refractivity (Wildman–Crippen MR) is 69.0 cm³/mol. The standard InChI is InChI=1S/C11H13N5O2S/c1-6-9(11(17)18)10(15-7(2)14-6)19-4-8-12-5-13-16(8)3/h5H,4H2,1-3H3,(H,17,18). The van der Waals surface area contributed by atoms with E-state index in [9.17, 15) is 9.90 Å². The summed E-state index contributed by atoms with van der Waals surface area (Å²) in [6.45, 7) is 3.41. The molecule has 100 valence electrons. The molecule has 0 radical (unpaired) electrons. The second-order valence-electron chi connectivity index (χ2n) is 3.93. The molecule has 0 spiro atoms. The maximum Gasteiger partial charge on any atom is 0.340 e. The highest BCUT2D eigenvalue weighted by Crippen LogP contribution is 2.25. The molecule has 7 nitrogen and oxygen atoms in total. The Morgan fingerprint density at radius 2 is 2.16 bits per heavy atom. The molecule has 0 atom stereocenters. The van der Waals surface area contributed by atoms with Crippen molar-refractivity contribution in [2.45, 2.75) is 24.6 Å². The Bertz CT molecular complexity index is 626. The summed E-state index contributed by atoms with van der Waals surface area (Å²) in [6, 6.07) is 0. The molecular weight excluding hydrogens is 266 g/mol. The lowest BCUT2D eigenvalue weighted by molar-refractivity contribution is 0.0690. The molecule has 0 aliphatic carbocycles. The summed E-state index contributed by atoms with van der Waals surface area (Å²) in [5.74, 6) is 0.809. The highest BCUT2D eigenvalue weighted by atomic mass is 32.2. The minimum Gasteiger partial charge on any atom is -0.478 e. The van der Waals surface area contributed by atoms with Gasteiger partial charge in [0.2, 0.25) is 0 Å². The molecule has 0 saturated heterocycles. The minimum absolute atomic E-state index is 0.151. The Morgan fingerprint density at radius 3 is 2.74 bits per heavy atom. The smallest absolute Gasteiger partial charge is 0.340 e. The van der Waals surface area contributed by atoms with E-state index in [1.165, 1.54) is 18.1 Å². The van der Waals surface area contributed by atoms with Gasteiger partial charge in [0.15, 0.2) is 0 Å². The number of nitrogens with zero attached hydrogens (tertiary/aromatic N) is 5. The molecule has 0 fully saturated rings. The maximum atomic E-state index is 11.3. The fourth-order valence-corrected chi connectivity index (χ4v) is 2.72. The molecule has 2 aromatic heterocycles. The minimum atomic E-state index is -1.02. The molecule has 2 aromatic rings. The van der Waals surface area contributed by atoms with Gasteiger partial charge in [-0.1, -0.05) is 11.8 Å². The third kappa shape index (κ3) is 2.90. The summed E-state index contributed by atoms with van der Waals surface area (Å²) < 4.78 is 1.65. The van der Waals surface area contributed by atoms with Gasteiger partial charge in [0.25, 0.3) is 0 Å². The molecule has 19 heavy (non-hydrogen) atoms. The van der Waals surface area contributed by atoms with Gasteiger partial charge in [0.1, 0.15) is 28.6 Å². The Hall–Kier alpha value is -1.96. The quantitative estimate of drug-likeness (QED) is 0.664. The van der Waals surface area contributed by atoms with Gasteiger partial charge in [-0.25, -0.2) is 19.7 Å². The van der Waals surface area contributed by atoms with Crippen LogP contribution in [0.25, 0.3) is 0 Å². The van der Waals surface area contributed by atoms with E-state index in [1.54, 1.807) is 25.6 Å². The van der Waals surface area contributed by atoms with Gasteiger partial charge in [-0.3, -0.25) is 4.68 Å². The van der Waals surface area contributed by atoms with Crippen molar-refractivity contribution in [2.24, 2.45) is 7.05 Å². The number of carboxylic acid groups (broad SMARTS) is 1. The van der Waals surface area contributed by atoms with Gasteiger partial charge in [-0.2, -0.15) is 5.10 Å². The monoisotopic (exact) mass is 279 g/mol. The number of carboxylic acids is 1. The average Bonchev–Trinajstić information content (AvgIpc) is 2.70. The zero-order chi connectivity index (χ0) is 14.0. The Labute approximate surface area is 114 Å². The van der Waals surface area contributed by atoms with E-state index in [4.69, 9.17) is 0 Å². The van der Waals surface area contributed by atoms with Crippen molar-refractivity contribution in [1.29, 1.82) is 0 Å². The van der Waals surface area contributed by atoms with Crippen LogP contribution >= 0.6 is 11.8 Å². The fraction of sp³-hybridized carbons (Fsp3) is 0.364. The zero-order valence-electron chi connectivity index (χ0n) is 10.8. The first kappa shape index (κ1) is 13.5. The Morgan fingerprint density at radius 1 is 1.42 bits per heavy atom. The van der Waals surface area contributed by atoms with Gasteiger partial charge < -0.3 is 5.11 Å². The van der Waals surface area contributed by atoms with E-state index in [-0.39, 0.29) is 5.56 Å². The van der Waals surface area contributed by atoms with E-state index in [0.717, 1.165) is 5.82 Å². The van der Waals surface area contributed by atoms with Crippen LogP contribution in [0.2, 0.25) is 0 Å². The van der Waals surface area contributed by atoms with Gasteiger partial charge in [-0.15, -0.1) is 0 Å². The number of rotatable bonds is 4. The molecule has 0 aliphatic rings. The number of hydrogen-bond donors (Lipinski definition) is 1. The lowest BCUT2D eigenvalue weighted by Crippen LogP contribution is -2.08. The number of aromatic carboxylic acids is 1. The van der Waals surface area contributed by atoms with Crippen molar-refractivity contribution in [1.82, 2.24) is 24.7 Å². The normalized spacial score (nSPS) is 10.7. The van der Waals surface area contributed by atoms with Gasteiger partial charge in [-0.05, 0) is 13.8 Å². The van der Waals surface area contributed by atoms with E-state index in [2.05, 4.69) is 20.1 Å². The van der Waals surface area contributed by atoms with Gasteiger partial charge >= 0.3 is 5.97 Å². The molecule has 8 heteroatoms. The van der Waals surface area contributed by atoms with Crippen molar-refractivity contribution >= 4 is 17.7 Å². The fourth-order valence-electron chi connectivity index (χ4n) is 1.62.